The number of hydrogen-bond donors (Lipinski definition) is 1. The molecule has 2 aliphatic rings. The van der Waals surface area contributed by atoms with E-state index in [0.717, 1.165) is 16.9 Å². The van der Waals surface area contributed by atoms with Crippen molar-refractivity contribution >= 4 is 11.8 Å². The number of carbonyl (C=O) groups is 2. The molecule has 1 N–H and O–H groups in total. The molecule has 0 unspecified atom stereocenters. The van der Waals surface area contributed by atoms with E-state index in [4.69, 9.17) is 9.47 Å². The maximum atomic E-state index is 13.2. The van der Waals surface area contributed by atoms with Gasteiger partial charge < -0.3 is 19.7 Å². The summed E-state index contributed by atoms with van der Waals surface area (Å²) in [6.07, 6.45) is 0. The fraction of sp³-hybridized carbons (Fsp3) is 0.231. The number of carbonyl (C=O) groups excluding carboxylic acids is 2. The molecule has 1 saturated heterocycles. The van der Waals surface area contributed by atoms with Gasteiger partial charge >= 0.3 is 0 Å². The van der Waals surface area contributed by atoms with Crippen molar-refractivity contribution in [1.29, 1.82) is 0 Å². The van der Waals surface area contributed by atoms with Gasteiger partial charge in [0, 0.05) is 31.1 Å². The summed E-state index contributed by atoms with van der Waals surface area (Å²) in [5.41, 5.74) is 2.65. The number of fused-ring (bicyclic) bond motifs is 1. The minimum absolute atomic E-state index is 0.0439. The molecule has 5 rings (SSSR count). The summed E-state index contributed by atoms with van der Waals surface area (Å²) in [6.45, 7) is 1.51. The highest BCUT2D eigenvalue weighted by Gasteiger charge is 2.40. The van der Waals surface area contributed by atoms with E-state index >= 15 is 0 Å². The minimum atomic E-state index is -0.320. The Bertz CT molecular complexity index is 1120. The number of nitrogens with one attached hydrogen (secondary N) is 1. The van der Waals surface area contributed by atoms with E-state index < -0.39 is 0 Å². The minimum Gasteiger partial charge on any atom is -0.454 e. The molecule has 0 bridgehead atoms. The molecule has 1 fully saturated rings. The van der Waals surface area contributed by atoms with Crippen LogP contribution in [0.4, 0.5) is 0 Å². The van der Waals surface area contributed by atoms with Crippen molar-refractivity contribution in [3.05, 3.63) is 95.6 Å². The molecular formula is C26H24N2O4. The van der Waals surface area contributed by atoms with E-state index in [1.165, 1.54) is 0 Å². The topological polar surface area (TPSA) is 67.9 Å². The van der Waals surface area contributed by atoms with Crippen LogP contribution >= 0.6 is 0 Å². The number of ether oxygens (including phenoxy) is 2. The molecule has 2 heterocycles. The Morgan fingerprint density at radius 2 is 1.59 bits per heavy atom. The van der Waals surface area contributed by atoms with Gasteiger partial charge in [-0.2, -0.15) is 0 Å². The van der Waals surface area contributed by atoms with Gasteiger partial charge in [0.05, 0.1) is 5.92 Å². The first-order valence-electron chi connectivity index (χ1n) is 10.7. The zero-order valence-corrected chi connectivity index (χ0v) is 17.6. The largest absolute Gasteiger partial charge is 0.454 e. The third kappa shape index (κ3) is 4.04. The quantitative estimate of drug-likeness (QED) is 0.675. The predicted molar refractivity (Wildman–Crippen MR) is 119 cm³/mol. The summed E-state index contributed by atoms with van der Waals surface area (Å²) in [6, 6.07) is 24.8. The Labute approximate surface area is 186 Å². The second kappa shape index (κ2) is 8.75. The Morgan fingerprint density at radius 1 is 0.875 bits per heavy atom. The first-order valence-corrected chi connectivity index (χ1v) is 10.7. The molecule has 32 heavy (non-hydrogen) atoms. The van der Waals surface area contributed by atoms with Crippen LogP contribution in [0.5, 0.6) is 11.5 Å². The summed E-state index contributed by atoms with van der Waals surface area (Å²) in [7, 11) is 0. The third-order valence-electron chi connectivity index (χ3n) is 6.10. The van der Waals surface area contributed by atoms with E-state index in [9.17, 15) is 9.59 Å². The van der Waals surface area contributed by atoms with Crippen LogP contribution in [0.1, 0.15) is 27.4 Å². The Hall–Kier alpha value is -3.80. The van der Waals surface area contributed by atoms with Crippen LogP contribution in [0.3, 0.4) is 0 Å². The molecule has 6 nitrogen and oxygen atoms in total. The van der Waals surface area contributed by atoms with Gasteiger partial charge in [0.25, 0.3) is 5.91 Å². The highest BCUT2D eigenvalue weighted by Crippen LogP contribution is 2.35. The molecule has 6 heteroatoms. The first-order chi connectivity index (χ1) is 15.7. The number of nitrogens with zero attached hydrogens (tertiary/aromatic N) is 1. The van der Waals surface area contributed by atoms with Crippen molar-refractivity contribution in [3.63, 3.8) is 0 Å². The normalized spacial score (nSPS) is 19.1. The van der Waals surface area contributed by atoms with Gasteiger partial charge in [0.2, 0.25) is 12.7 Å². The molecule has 0 radical (unpaired) electrons. The van der Waals surface area contributed by atoms with Crippen molar-refractivity contribution in [2.75, 3.05) is 19.9 Å². The van der Waals surface area contributed by atoms with Crippen molar-refractivity contribution < 1.29 is 19.1 Å². The number of rotatable bonds is 5. The Kier molecular flexibility index (Phi) is 5.50. The number of hydrogen-bond acceptors (Lipinski definition) is 4. The highest BCUT2D eigenvalue weighted by atomic mass is 16.7. The average molecular weight is 428 g/mol. The fourth-order valence-electron chi connectivity index (χ4n) is 4.41. The standard InChI is InChI=1S/C26H24N2O4/c29-25(27-14-18-11-12-23-24(13-18)32-17-31-23)22-16-28(26(30)20-9-5-2-6-10-20)15-21(22)19-7-3-1-4-8-19/h1-13,21-22H,14-17H2,(H,27,29)/t21-,22+/m0/s1. The fourth-order valence-corrected chi connectivity index (χ4v) is 4.41. The maximum Gasteiger partial charge on any atom is 0.253 e. The second-order valence-corrected chi connectivity index (χ2v) is 8.11. The summed E-state index contributed by atoms with van der Waals surface area (Å²) < 4.78 is 10.8. The molecule has 0 saturated carbocycles. The first kappa shape index (κ1) is 20.1. The molecule has 2 atom stereocenters. The van der Waals surface area contributed by atoms with Gasteiger partial charge in [-0.25, -0.2) is 0 Å². The summed E-state index contributed by atoms with van der Waals surface area (Å²) in [5, 5.41) is 3.06. The van der Waals surface area contributed by atoms with Crippen molar-refractivity contribution in [3.8, 4) is 11.5 Å². The molecule has 0 spiro atoms. The van der Waals surface area contributed by atoms with Gasteiger partial charge in [-0.05, 0) is 35.4 Å². The van der Waals surface area contributed by atoms with Gasteiger partial charge in [0.15, 0.2) is 11.5 Å². The van der Waals surface area contributed by atoms with Crippen LogP contribution in [-0.2, 0) is 11.3 Å². The Morgan fingerprint density at radius 3 is 2.38 bits per heavy atom. The van der Waals surface area contributed by atoms with Gasteiger partial charge in [-0.15, -0.1) is 0 Å². The van der Waals surface area contributed by atoms with Crippen LogP contribution in [-0.4, -0.2) is 36.6 Å². The molecule has 0 aliphatic carbocycles. The van der Waals surface area contributed by atoms with Crippen LogP contribution in [0.2, 0.25) is 0 Å². The zero-order valence-electron chi connectivity index (χ0n) is 17.6. The van der Waals surface area contributed by atoms with E-state index in [1.807, 2.05) is 78.9 Å². The molecule has 0 aromatic heterocycles. The molecule has 2 aliphatic heterocycles. The van der Waals surface area contributed by atoms with Gasteiger partial charge in [-0.3, -0.25) is 9.59 Å². The SMILES string of the molecule is O=C(NCc1ccc2c(c1)OCO2)[C@@H]1CN(C(=O)c2ccccc2)C[C@H]1c1ccccc1. The van der Waals surface area contributed by atoms with Crippen LogP contribution in [0.15, 0.2) is 78.9 Å². The summed E-state index contributed by atoms with van der Waals surface area (Å²) in [4.78, 5) is 28.1. The lowest BCUT2D eigenvalue weighted by molar-refractivity contribution is -0.125. The van der Waals surface area contributed by atoms with Crippen molar-refractivity contribution in [2.45, 2.75) is 12.5 Å². The molecule has 3 aromatic rings. The number of amides is 2. The lowest BCUT2D eigenvalue weighted by Gasteiger charge is -2.18. The van der Waals surface area contributed by atoms with E-state index in [1.54, 1.807) is 4.90 Å². The second-order valence-electron chi connectivity index (χ2n) is 8.11. The molecular weight excluding hydrogens is 404 g/mol. The third-order valence-corrected chi connectivity index (χ3v) is 6.10. The van der Waals surface area contributed by atoms with Crippen LogP contribution in [0, 0.1) is 5.92 Å². The van der Waals surface area contributed by atoms with Crippen LogP contribution in [0.25, 0.3) is 0 Å². The van der Waals surface area contributed by atoms with Gasteiger partial charge in [-0.1, -0.05) is 54.6 Å². The van der Waals surface area contributed by atoms with E-state index in [-0.39, 0.29) is 30.4 Å². The maximum absolute atomic E-state index is 13.2. The smallest absolute Gasteiger partial charge is 0.253 e. The Balaban J connectivity index is 1.32. The molecule has 2 amide bonds. The zero-order chi connectivity index (χ0) is 21.9. The molecule has 162 valence electrons. The highest BCUT2D eigenvalue weighted by molar-refractivity contribution is 5.95. The van der Waals surface area contributed by atoms with E-state index in [0.29, 0.717) is 30.9 Å². The lowest BCUT2D eigenvalue weighted by atomic mass is 9.88. The van der Waals surface area contributed by atoms with Gasteiger partial charge in [0.1, 0.15) is 0 Å². The average Bonchev–Trinajstić information content (AvgIpc) is 3.50. The monoisotopic (exact) mass is 428 g/mol. The summed E-state index contributed by atoms with van der Waals surface area (Å²) >= 11 is 0. The lowest BCUT2D eigenvalue weighted by Crippen LogP contribution is -2.35. The molecule has 3 aromatic carbocycles. The van der Waals surface area contributed by atoms with Crippen LogP contribution < -0.4 is 14.8 Å². The summed E-state index contributed by atoms with van der Waals surface area (Å²) in [5.74, 6) is 0.937. The van der Waals surface area contributed by atoms with Crippen molar-refractivity contribution in [2.24, 2.45) is 5.92 Å². The number of benzene rings is 3. The number of likely N-dealkylation sites (tertiary alicyclic amines) is 1. The van der Waals surface area contributed by atoms with Crippen molar-refractivity contribution in [1.82, 2.24) is 10.2 Å². The van der Waals surface area contributed by atoms with E-state index in [2.05, 4.69) is 5.32 Å². The predicted octanol–water partition coefficient (Wildman–Crippen LogP) is 3.59.